The fourth-order valence-electron chi connectivity index (χ4n) is 2.86. The molecule has 0 radical (unpaired) electrons. The molecule has 2 atom stereocenters. The average Bonchev–Trinajstić information content (AvgIpc) is 3.18. The van der Waals surface area contributed by atoms with Gasteiger partial charge in [-0.2, -0.15) is 11.3 Å². The topological polar surface area (TPSA) is 54.0 Å². The molecular weight excluding hydrogens is 326 g/mol. The van der Waals surface area contributed by atoms with Crippen LogP contribution < -0.4 is 10.6 Å². The maximum absolute atomic E-state index is 12.6. The van der Waals surface area contributed by atoms with E-state index < -0.39 is 0 Å². The van der Waals surface area contributed by atoms with Gasteiger partial charge in [-0.25, -0.2) is 4.98 Å². The Hall–Kier alpha value is -1.24. The Morgan fingerprint density at radius 2 is 2.39 bits per heavy atom. The highest BCUT2D eigenvalue weighted by Gasteiger charge is 2.25. The summed E-state index contributed by atoms with van der Waals surface area (Å²) < 4.78 is 0. The van der Waals surface area contributed by atoms with Crippen LogP contribution in [0, 0.1) is 19.8 Å². The van der Waals surface area contributed by atoms with Crippen LogP contribution in [0.15, 0.2) is 16.8 Å². The number of nitrogens with zero attached hydrogens (tertiary/aromatic N) is 1. The number of aromatic nitrogens is 1. The molecule has 0 saturated carbocycles. The molecule has 2 aromatic heterocycles. The smallest absolute Gasteiger partial charge is 0.224 e. The Kier molecular flexibility index (Phi) is 5.46. The number of amides is 1. The molecule has 124 valence electrons. The molecule has 3 heterocycles. The molecule has 0 unspecified atom stereocenters. The quantitative estimate of drug-likeness (QED) is 0.871. The third kappa shape index (κ3) is 4.19. The lowest BCUT2D eigenvalue weighted by atomic mass is 9.98. The standard InChI is InChI=1S/C17H23N3OS2/c1-11-12(2)23-17(19-11)15(8-13-5-7-22-10-13)20-16(21)14-4-3-6-18-9-14/h5,7,10,14-15,18H,3-4,6,8-9H2,1-2H3,(H,20,21)/t14-,15+/m0/s1. The van der Waals surface area contributed by atoms with Crippen molar-refractivity contribution in [1.82, 2.24) is 15.6 Å². The minimum Gasteiger partial charge on any atom is -0.346 e. The first-order chi connectivity index (χ1) is 11.1. The summed E-state index contributed by atoms with van der Waals surface area (Å²) in [5.41, 5.74) is 2.32. The van der Waals surface area contributed by atoms with Gasteiger partial charge in [0, 0.05) is 17.8 Å². The van der Waals surface area contributed by atoms with E-state index in [1.54, 1.807) is 22.7 Å². The molecule has 6 heteroatoms. The van der Waals surface area contributed by atoms with Gasteiger partial charge in [-0.05, 0) is 55.6 Å². The summed E-state index contributed by atoms with van der Waals surface area (Å²) in [6.07, 6.45) is 2.85. The molecule has 4 nitrogen and oxygen atoms in total. The van der Waals surface area contributed by atoms with Gasteiger partial charge in [-0.1, -0.05) is 0 Å². The first kappa shape index (κ1) is 16.6. The van der Waals surface area contributed by atoms with Crippen LogP contribution >= 0.6 is 22.7 Å². The van der Waals surface area contributed by atoms with Crippen LogP contribution in [0.5, 0.6) is 0 Å². The average molecular weight is 350 g/mol. The second-order valence-corrected chi connectivity index (χ2v) is 8.15. The lowest BCUT2D eigenvalue weighted by molar-refractivity contribution is -0.126. The third-order valence-electron chi connectivity index (χ3n) is 4.35. The Labute approximate surface area is 145 Å². The van der Waals surface area contributed by atoms with Crippen molar-refractivity contribution in [3.05, 3.63) is 38.0 Å². The van der Waals surface area contributed by atoms with Gasteiger partial charge >= 0.3 is 0 Å². The van der Waals surface area contributed by atoms with E-state index >= 15 is 0 Å². The number of hydrogen-bond donors (Lipinski definition) is 2. The number of thiophene rings is 1. The Morgan fingerprint density at radius 1 is 1.52 bits per heavy atom. The summed E-state index contributed by atoms with van der Waals surface area (Å²) in [5.74, 6) is 0.235. The van der Waals surface area contributed by atoms with Crippen molar-refractivity contribution in [3.63, 3.8) is 0 Å². The number of hydrogen-bond acceptors (Lipinski definition) is 5. The summed E-state index contributed by atoms with van der Waals surface area (Å²) in [4.78, 5) is 18.5. The van der Waals surface area contributed by atoms with Crippen LogP contribution in [0.1, 0.15) is 40.0 Å². The van der Waals surface area contributed by atoms with E-state index in [-0.39, 0.29) is 17.9 Å². The van der Waals surface area contributed by atoms with Crippen LogP contribution in [-0.4, -0.2) is 24.0 Å². The van der Waals surface area contributed by atoms with Gasteiger partial charge in [-0.15, -0.1) is 11.3 Å². The highest BCUT2D eigenvalue weighted by molar-refractivity contribution is 7.11. The Balaban J connectivity index is 1.75. The molecule has 1 amide bonds. The molecular formula is C17H23N3OS2. The van der Waals surface area contributed by atoms with Crippen molar-refractivity contribution in [2.45, 2.75) is 39.2 Å². The zero-order valence-corrected chi connectivity index (χ0v) is 15.2. The molecule has 0 aliphatic carbocycles. The van der Waals surface area contributed by atoms with Gasteiger partial charge < -0.3 is 10.6 Å². The molecule has 1 aliphatic heterocycles. The minimum absolute atomic E-state index is 0.0311. The first-order valence-electron chi connectivity index (χ1n) is 8.09. The first-order valence-corrected chi connectivity index (χ1v) is 9.85. The maximum Gasteiger partial charge on any atom is 0.224 e. The monoisotopic (exact) mass is 349 g/mol. The second kappa shape index (κ2) is 7.55. The van der Waals surface area contributed by atoms with Crippen LogP contribution in [-0.2, 0) is 11.2 Å². The fourth-order valence-corrected chi connectivity index (χ4v) is 4.51. The molecule has 0 bridgehead atoms. The molecule has 0 spiro atoms. The molecule has 2 N–H and O–H groups in total. The maximum atomic E-state index is 12.6. The van der Waals surface area contributed by atoms with E-state index in [4.69, 9.17) is 0 Å². The van der Waals surface area contributed by atoms with Crippen molar-refractivity contribution in [2.24, 2.45) is 5.92 Å². The van der Waals surface area contributed by atoms with E-state index in [2.05, 4.69) is 39.4 Å². The van der Waals surface area contributed by atoms with Crippen molar-refractivity contribution < 1.29 is 4.79 Å². The van der Waals surface area contributed by atoms with Gasteiger partial charge in [0.25, 0.3) is 0 Å². The highest BCUT2D eigenvalue weighted by atomic mass is 32.1. The van der Waals surface area contributed by atoms with Crippen LogP contribution in [0.3, 0.4) is 0 Å². The Bertz CT molecular complexity index is 625. The van der Waals surface area contributed by atoms with E-state index in [1.807, 2.05) is 6.92 Å². The van der Waals surface area contributed by atoms with E-state index in [9.17, 15) is 4.79 Å². The van der Waals surface area contributed by atoms with Crippen molar-refractivity contribution in [1.29, 1.82) is 0 Å². The normalized spacial score (nSPS) is 19.5. The number of thiazole rings is 1. The third-order valence-corrected chi connectivity index (χ3v) is 6.27. The fraction of sp³-hybridized carbons (Fsp3) is 0.529. The van der Waals surface area contributed by atoms with Crippen molar-refractivity contribution in [2.75, 3.05) is 13.1 Å². The number of rotatable bonds is 5. The number of carbonyl (C=O) groups is 1. The zero-order chi connectivity index (χ0) is 16.2. The molecule has 3 rings (SSSR count). The summed E-state index contributed by atoms with van der Waals surface area (Å²) >= 11 is 3.39. The summed E-state index contributed by atoms with van der Waals surface area (Å²) in [5, 5.41) is 11.8. The van der Waals surface area contributed by atoms with E-state index in [0.29, 0.717) is 0 Å². The molecule has 0 aromatic carbocycles. The SMILES string of the molecule is Cc1nc([C@@H](Cc2ccsc2)NC(=O)[C@H]2CCCNC2)sc1C. The highest BCUT2D eigenvalue weighted by Crippen LogP contribution is 2.27. The molecule has 1 aliphatic rings. The number of piperidine rings is 1. The molecule has 1 fully saturated rings. The van der Waals surface area contributed by atoms with Gasteiger partial charge in [0.1, 0.15) is 5.01 Å². The van der Waals surface area contributed by atoms with Gasteiger partial charge in [0.05, 0.1) is 17.7 Å². The van der Waals surface area contributed by atoms with Crippen LogP contribution in [0.25, 0.3) is 0 Å². The Morgan fingerprint density at radius 3 is 3.00 bits per heavy atom. The minimum atomic E-state index is -0.0311. The molecule has 1 saturated heterocycles. The largest absolute Gasteiger partial charge is 0.346 e. The van der Waals surface area contributed by atoms with Crippen LogP contribution in [0.2, 0.25) is 0 Å². The summed E-state index contributed by atoms with van der Waals surface area (Å²) in [6, 6.07) is 2.09. The number of nitrogens with one attached hydrogen (secondary N) is 2. The van der Waals surface area contributed by atoms with Gasteiger partial charge in [0.2, 0.25) is 5.91 Å². The van der Waals surface area contributed by atoms with Crippen LogP contribution in [0.4, 0.5) is 0 Å². The number of carbonyl (C=O) groups excluding carboxylic acids is 1. The number of aryl methyl sites for hydroxylation is 2. The van der Waals surface area contributed by atoms with Gasteiger partial charge in [0.15, 0.2) is 0 Å². The summed E-state index contributed by atoms with van der Waals surface area (Å²) in [7, 11) is 0. The lowest BCUT2D eigenvalue weighted by Gasteiger charge is -2.24. The molecule has 23 heavy (non-hydrogen) atoms. The predicted octanol–water partition coefficient (Wildman–Crippen LogP) is 3.22. The second-order valence-electron chi connectivity index (χ2n) is 6.13. The predicted molar refractivity (Wildman–Crippen MR) is 96.1 cm³/mol. The zero-order valence-electron chi connectivity index (χ0n) is 13.6. The van der Waals surface area contributed by atoms with Crippen molar-refractivity contribution in [3.8, 4) is 0 Å². The van der Waals surface area contributed by atoms with Gasteiger partial charge in [-0.3, -0.25) is 4.79 Å². The molecule has 2 aromatic rings. The van der Waals surface area contributed by atoms with E-state index in [0.717, 1.165) is 43.1 Å². The van der Waals surface area contributed by atoms with E-state index in [1.165, 1.54) is 10.4 Å². The van der Waals surface area contributed by atoms with Crippen molar-refractivity contribution >= 4 is 28.6 Å². The summed E-state index contributed by atoms with van der Waals surface area (Å²) in [6.45, 7) is 5.93. The lowest BCUT2D eigenvalue weighted by Crippen LogP contribution is -2.42.